The van der Waals surface area contributed by atoms with Crippen LogP contribution in [0.15, 0.2) is 0 Å². The van der Waals surface area contributed by atoms with Crippen molar-refractivity contribution in [3.8, 4) is 0 Å². The molecule has 13 heavy (non-hydrogen) atoms. The molecule has 3 heteroatoms. The van der Waals surface area contributed by atoms with Crippen molar-refractivity contribution in [3.63, 3.8) is 0 Å². The topological polar surface area (TPSA) is 38.3 Å². The first-order chi connectivity index (χ1) is 6.27. The normalized spacial score (nSPS) is 33.3. The van der Waals surface area contributed by atoms with Crippen molar-refractivity contribution in [2.45, 2.75) is 19.8 Å². The molecule has 0 aromatic rings. The molecule has 2 aliphatic rings. The molecule has 0 bridgehead atoms. The van der Waals surface area contributed by atoms with Gasteiger partial charge in [-0.05, 0) is 31.2 Å². The lowest BCUT2D eigenvalue weighted by atomic mass is 9.99. The van der Waals surface area contributed by atoms with Crippen LogP contribution in [0.25, 0.3) is 0 Å². The molecule has 0 spiro atoms. The van der Waals surface area contributed by atoms with Gasteiger partial charge >= 0.3 is 5.97 Å². The molecule has 3 nitrogen and oxygen atoms in total. The standard InChI is InChI=1S/C10H17NO2/c1-7-4-11-5-9(7)10(12)13-6-8-2-3-8/h7-9,11H,2-6H2,1H3/t7-,9-/m1/s1. The lowest BCUT2D eigenvalue weighted by molar-refractivity contribution is -0.149. The van der Waals surface area contributed by atoms with Crippen LogP contribution in [0.1, 0.15) is 19.8 Å². The summed E-state index contributed by atoms with van der Waals surface area (Å²) in [5, 5.41) is 3.21. The maximum Gasteiger partial charge on any atom is 0.310 e. The van der Waals surface area contributed by atoms with Crippen LogP contribution in [-0.2, 0) is 9.53 Å². The zero-order chi connectivity index (χ0) is 9.26. The molecule has 1 aliphatic carbocycles. The summed E-state index contributed by atoms with van der Waals surface area (Å²) in [7, 11) is 0. The molecule has 2 fully saturated rings. The maximum absolute atomic E-state index is 11.5. The maximum atomic E-state index is 11.5. The van der Waals surface area contributed by atoms with E-state index in [2.05, 4.69) is 12.2 Å². The summed E-state index contributed by atoms with van der Waals surface area (Å²) < 4.78 is 5.24. The van der Waals surface area contributed by atoms with Gasteiger partial charge in [-0.25, -0.2) is 0 Å². The second kappa shape index (κ2) is 3.66. The average Bonchev–Trinajstić information content (AvgIpc) is 2.84. The smallest absolute Gasteiger partial charge is 0.310 e. The second-order valence-electron chi connectivity index (χ2n) is 4.32. The van der Waals surface area contributed by atoms with Crippen molar-refractivity contribution in [2.75, 3.05) is 19.7 Å². The van der Waals surface area contributed by atoms with Crippen LogP contribution in [0.3, 0.4) is 0 Å². The van der Waals surface area contributed by atoms with Crippen LogP contribution in [0.5, 0.6) is 0 Å². The highest BCUT2D eigenvalue weighted by atomic mass is 16.5. The number of carbonyl (C=O) groups is 1. The van der Waals surface area contributed by atoms with Crippen LogP contribution in [0.4, 0.5) is 0 Å². The van der Waals surface area contributed by atoms with E-state index in [9.17, 15) is 4.79 Å². The number of hydrogen-bond donors (Lipinski definition) is 1. The summed E-state index contributed by atoms with van der Waals surface area (Å²) in [6, 6.07) is 0. The summed E-state index contributed by atoms with van der Waals surface area (Å²) in [5.41, 5.74) is 0. The van der Waals surface area contributed by atoms with Gasteiger partial charge in [0.25, 0.3) is 0 Å². The van der Waals surface area contributed by atoms with E-state index in [0.717, 1.165) is 13.1 Å². The fourth-order valence-electron chi connectivity index (χ4n) is 1.72. The highest BCUT2D eigenvalue weighted by Crippen LogP contribution is 2.29. The fourth-order valence-corrected chi connectivity index (χ4v) is 1.72. The summed E-state index contributed by atoms with van der Waals surface area (Å²) in [5.74, 6) is 1.21. The first-order valence-electron chi connectivity index (χ1n) is 5.14. The minimum atomic E-state index is 0.00407. The first kappa shape index (κ1) is 9.00. The van der Waals surface area contributed by atoms with Crippen LogP contribution in [0.2, 0.25) is 0 Å². The predicted molar refractivity (Wildman–Crippen MR) is 49.2 cm³/mol. The molecule has 0 aromatic carbocycles. The minimum absolute atomic E-state index is 0.00407. The van der Waals surface area contributed by atoms with Gasteiger partial charge in [0.1, 0.15) is 0 Å². The molecule has 1 saturated heterocycles. The predicted octanol–water partition coefficient (Wildman–Crippen LogP) is 0.795. The molecular formula is C10H17NO2. The number of esters is 1. The molecule has 1 heterocycles. The lowest BCUT2D eigenvalue weighted by Crippen LogP contribution is -2.24. The Morgan fingerprint density at radius 1 is 1.46 bits per heavy atom. The quantitative estimate of drug-likeness (QED) is 0.658. The third-order valence-electron chi connectivity index (χ3n) is 2.98. The molecule has 2 atom stereocenters. The van der Waals surface area contributed by atoms with Crippen LogP contribution < -0.4 is 5.32 Å². The summed E-state index contributed by atoms with van der Waals surface area (Å²) in [6.45, 7) is 4.50. The van der Waals surface area contributed by atoms with Gasteiger partial charge < -0.3 is 10.1 Å². The Labute approximate surface area is 78.8 Å². The van der Waals surface area contributed by atoms with E-state index in [4.69, 9.17) is 4.74 Å². The van der Waals surface area contributed by atoms with Crippen molar-refractivity contribution in [3.05, 3.63) is 0 Å². The molecule has 0 amide bonds. The SMILES string of the molecule is C[C@@H]1CNC[C@H]1C(=O)OCC1CC1. The van der Waals surface area contributed by atoms with Gasteiger partial charge in [-0.3, -0.25) is 4.79 Å². The Kier molecular flexibility index (Phi) is 2.54. The van der Waals surface area contributed by atoms with Crippen molar-refractivity contribution >= 4 is 5.97 Å². The Hall–Kier alpha value is -0.570. The summed E-state index contributed by atoms with van der Waals surface area (Å²) >= 11 is 0. The molecular weight excluding hydrogens is 166 g/mol. The Balaban J connectivity index is 1.74. The van der Waals surface area contributed by atoms with Crippen molar-refractivity contribution in [1.82, 2.24) is 5.32 Å². The van der Waals surface area contributed by atoms with Crippen molar-refractivity contribution < 1.29 is 9.53 Å². The van der Waals surface area contributed by atoms with E-state index < -0.39 is 0 Å². The Morgan fingerprint density at radius 2 is 2.23 bits per heavy atom. The van der Waals surface area contributed by atoms with Gasteiger partial charge in [-0.15, -0.1) is 0 Å². The van der Waals surface area contributed by atoms with E-state index >= 15 is 0 Å². The monoisotopic (exact) mass is 183 g/mol. The lowest BCUT2D eigenvalue weighted by Gasteiger charge is -2.12. The molecule has 74 valence electrons. The summed E-state index contributed by atoms with van der Waals surface area (Å²) in [6.07, 6.45) is 2.48. The van der Waals surface area contributed by atoms with Gasteiger partial charge in [0.15, 0.2) is 0 Å². The molecule has 0 radical (unpaired) electrons. The van der Waals surface area contributed by atoms with Crippen LogP contribution in [0, 0.1) is 17.8 Å². The molecule has 1 aliphatic heterocycles. The largest absolute Gasteiger partial charge is 0.465 e. The molecule has 0 unspecified atom stereocenters. The van der Waals surface area contributed by atoms with Crippen molar-refractivity contribution in [1.29, 1.82) is 0 Å². The number of nitrogens with one attached hydrogen (secondary N) is 1. The number of hydrogen-bond acceptors (Lipinski definition) is 3. The van der Waals surface area contributed by atoms with E-state index in [0.29, 0.717) is 18.4 Å². The van der Waals surface area contributed by atoms with Crippen molar-refractivity contribution in [2.24, 2.45) is 17.8 Å². The van der Waals surface area contributed by atoms with E-state index in [1.165, 1.54) is 12.8 Å². The minimum Gasteiger partial charge on any atom is -0.465 e. The van der Waals surface area contributed by atoms with Gasteiger partial charge in [0.05, 0.1) is 12.5 Å². The fraction of sp³-hybridized carbons (Fsp3) is 0.900. The molecule has 2 rings (SSSR count). The molecule has 1 N–H and O–H groups in total. The van der Waals surface area contributed by atoms with Crippen LogP contribution in [-0.4, -0.2) is 25.7 Å². The Bertz CT molecular complexity index is 201. The van der Waals surface area contributed by atoms with Gasteiger partial charge in [-0.1, -0.05) is 6.92 Å². The van der Waals surface area contributed by atoms with Gasteiger partial charge in [-0.2, -0.15) is 0 Å². The average molecular weight is 183 g/mol. The van der Waals surface area contributed by atoms with Gasteiger partial charge in [0, 0.05) is 6.54 Å². The second-order valence-corrected chi connectivity index (χ2v) is 4.32. The number of ether oxygens (including phenoxy) is 1. The zero-order valence-corrected chi connectivity index (χ0v) is 8.08. The molecule has 0 aromatic heterocycles. The third kappa shape index (κ3) is 2.21. The van der Waals surface area contributed by atoms with E-state index in [-0.39, 0.29) is 11.9 Å². The highest BCUT2D eigenvalue weighted by Gasteiger charge is 2.32. The highest BCUT2D eigenvalue weighted by molar-refractivity contribution is 5.73. The van der Waals surface area contributed by atoms with E-state index in [1.54, 1.807) is 0 Å². The third-order valence-corrected chi connectivity index (χ3v) is 2.98. The molecule has 1 saturated carbocycles. The summed E-state index contributed by atoms with van der Waals surface area (Å²) in [4.78, 5) is 11.5. The Morgan fingerprint density at radius 3 is 2.77 bits per heavy atom. The number of carbonyl (C=O) groups excluding carboxylic acids is 1. The van der Waals surface area contributed by atoms with E-state index in [1.807, 2.05) is 0 Å². The zero-order valence-electron chi connectivity index (χ0n) is 8.08. The number of rotatable bonds is 3. The van der Waals surface area contributed by atoms with Gasteiger partial charge in [0.2, 0.25) is 0 Å². The first-order valence-corrected chi connectivity index (χ1v) is 5.14. The van der Waals surface area contributed by atoms with Crippen LogP contribution >= 0.6 is 0 Å².